The van der Waals surface area contributed by atoms with Gasteiger partial charge in [0, 0.05) is 48.5 Å². The highest BCUT2D eigenvalue weighted by molar-refractivity contribution is 5.80. The van der Waals surface area contributed by atoms with Gasteiger partial charge in [-0.3, -0.25) is 0 Å². The van der Waals surface area contributed by atoms with E-state index in [-0.39, 0.29) is 17.5 Å². The molecule has 48 heavy (non-hydrogen) atoms. The number of hydrogen-bond acceptors (Lipinski definition) is 7. The van der Waals surface area contributed by atoms with Crippen molar-refractivity contribution in [2.24, 2.45) is 0 Å². The molecule has 254 valence electrons. The third kappa shape index (κ3) is 6.96. The summed E-state index contributed by atoms with van der Waals surface area (Å²) in [7, 11) is 0. The highest BCUT2D eigenvalue weighted by Crippen LogP contribution is 2.40. The smallest absolute Gasteiger partial charge is 0.337 e. The van der Waals surface area contributed by atoms with Gasteiger partial charge in [-0.15, -0.1) is 0 Å². The van der Waals surface area contributed by atoms with E-state index < -0.39 is 17.7 Å². The number of rotatable bonds is 3. The summed E-state index contributed by atoms with van der Waals surface area (Å²) in [5, 5.41) is 15.5. The summed E-state index contributed by atoms with van der Waals surface area (Å²) in [6, 6.07) is 13.1. The van der Waals surface area contributed by atoms with E-state index in [4.69, 9.17) is 24.3 Å². The molecule has 2 atom stereocenters. The third-order valence-electron chi connectivity index (χ3n) is 9.10. The van der Waals surface area contributed by atoms with Crippen LogP contribution in [0.4, 0.5) is 10.2 Å². The molecule has 1 saturated heterocycles. The first-order chi connectivity index (χ1) is 22.7. The largest absolute Gasteiger partial charge is 0.490 e. The standard InChI is InChI=1S/C38H45FN4O5/c1-23-19-28-26-12-10-13-27(20-26)30-22-32-40-25(3)33(34(36(44)45)48-37(4,5)6)35(43(32)41-30)42-16-14-38(7,15-17-42)46-18-9-8-11-24(2)47-31(28)21-29(23)39/h8-10,12-13,19-22,24,34H,11,14-18H2,1-7H3,(H,44,45)/b9-8-/t24-,34-/m0/s1. The summed E-state index contributed by atoms with van der Waals surface area (Å²) in [5.41, 5.74) is 4.25. The molecule has 0 spiro atoms. The Morgan fingerprint density at radius 3 is 2.54 bits per heavy atom. The van der Waals surface area contributed by atoms with Crippen molar-refractivity contribution < 1.29 is 28.5 Å². The zero-order valence-electron chi connectivity index (χ0n) is 28.8. The Labute approximate surface area is 281 Å². The second kappa shape index (κ2) is 13.0. The first-order valence-electron chi connectivity index (χ1n) is 16.6. The molecule has 1 N–H and O–H groups in total. The Balaban J connectivity index is 1.55. The number of halogens is 1. The van der Waals surface area contributed by atoms with Gasteiger partial charge in [0.25, 0.3) is 0 Å². The fraction of sp³-hybridized carbons (Fsp3) is 0.447. The van der Waals surface area contributed by atoms with E-state index in [9.17, 15) is 14.3 Å². The fourth-order valence-electron chi connectivity index (χ4n) is 6.49. The van der Waals surface area contributed by atoms with Crippen LogP contribution >= 0.6 is 0 Å². The van der Waals surface area contributed by atoms with Crippen LogP contribution in [0.1, 0.15) is 76.8 Å². The van der Waals surface area contributed by atoms with Crippen LogP contribution in [-0.4, -0.2) is 62.7 Å². The number of aliphatic carboxylic acids is 1. The predicted molar refractivity (Wildman–Crippen MR) is 184 cm³/mol. The van der Waals surface area contributed by atoms with E-state index >= 15 is 0 Å². The van der Waals surface area contributed by atoms with Crippen molar-refractivity contribution in [3.63, 3.8) is 0 Å². The number of carbonyl (C=O) groups is 1. The van der Waals surface area contributed by atoms with Crippen LogP contribution in [-0.2, 0) is 14.3 Å². The van der Waals surface area contributed by atoms with E-state index in [2.05, 4.69) is 11.8 Å². The van der Waals surface area contributed by atoms with Crippen LogP contribution in [0.25, 0.3) is 28.0 Å². The first-order valence-corrected chi connectivity index (χ1v) is 16.6. The van der Waals surface area contributed by atoms with Gasteiger partial charge in [0.1, 0.15) is 17.4 Å². The van der Waals surface area contributed by atoms with Crippen LogP contribution in [0.2, 0.25) is 0 Å². The zero-order valence-corrected chi connectivity index (χ0v) is 28.8. The van der Waals surface area contributed by atoms with Gasteiger partial charge in [0.05, 0.1) is 35.2 Å². The Hall–Kier alpha value is -4.28. The van der Waals surface area contributed by atoms with E-state index in [0.717, 1.165) is 29.5 Å². The van der Waals surface area contributed by atoms with Gasteiger partial charge in [0.15, 0.2) is 11.8 Å². The number of piperidine rings is 1. The number of aryl methyl sites for hydroxylation is 2. The monoisotopic (exact) mass is 656 g/mol. The van der Waals surface area contributed by atoms with Gasteiger partial charge in [-0.25, -0.2) is 14.2 Å². The van der Waals surface area contributed by atoms with Gasteiger partial charge in [-0.05, 0) is 84.6 Å². The Morgan fingerprint density at radius 2 is 1.83 bits per heavy atom. The van der Waals surface area contributed by atoms with Crippen LogP contribution in [0, 0.1) is 19.7 Å². The highest BCUT2D eigenvalue weighted by atomic mass is 19.1. The molecule has 0 saturated carbocycles. The topological polar surface area (TPSA) is 98.4 Å². The molecule has 3 aliphatic rings. The predicted octanol–water partition coefficient (Wildman–Crippen LogP) is 7.86. The zero-order chi connectivity index (χ0) is 34.4. The number of aromatic nitrogens is 3. The van der Waals surface area contributed by atoms with Crippen molar-refractivity contribution in [1.29, 1.82) is 0 Å². The van der Waals surface area contributed by atoms with Crippen LogP contribution < -0.4 is 9.64 Å². The lowest BCUT2D eigenvalue weighted by atomic mass is 9.92. The molecule has 6 bridgehead atoms. The van der Waals surface area contributed by atoms with Crippen LogP contribution in [0.15, 0.2) is 54.6 Å². The van der Waals surface area contributed by atoms with Gasteiger partial charge < -0.3 is 24.2 Å². The molecule has 0 amide bonds. The summed E-state index contributed by atoms with van der Waals surface area (Å²) >= 11 is 0. The van der Waals surface area contributed by atoms with Crippen molar-refractivity contribution in [2.45, 2.75) is 91.1 Å². The number of ether oxygens (including phenoxy) is 3. The lowest BCUT2D eigenvalue weighted by Crippen LogP contribution is -2.45. The van der Waals surface area contributed by atoms with Crippen molar-refractivity contribution in [3.05, 3.63) is 77.3 Å². The molecule has 10 heteroatoms. The van der Waals surface area contributed by atoms with E-state index in [0.29, 0.717) is 65.8 Å². The average Bonchev–Trinajstić information content (AvgIpc) is 3.44. The molecule has 4 aromatic rings. The van der Waals surface area contributed by atoms with Crippen LogP contribution in [0.3, 0.4) is 0 Å². The SMILES string of the molecule is Cc1cc2c(cc1F)O[C@@H](C)C/C=C\COC1(C)CCN(CC1)c1c([C@H](OC(C)(C)C)C(=O)O)c(C)nc3cc(nn13)-c1cccc-2c1. The minimum absolute atomic E-state index is 0.188. The molecular weight excluding hydrogens is 611 g/mol. The molecule has 2 aromatic heterocycles. The number of anilines is 1. The number of benzene rings is 2. The fourth-order valence-corrected chi connectivity index (χ4v) is 6.49. The Morgan fingerprint density at radius 1 is 1.10 bits per heavy atom. The average molecular weight is 657 g/mol. The van der Waals surface area contributed by atoms with Crippen molar-refractivity contribution in [3.8, 4) is 28.1 Å². The van der Waals surface area contributed by atoms with Gasteiger partial charge in [-0.1, -0.05) is 30.4 Å². The summed E-state index contributed by atoms with van der Waals surface area (Å²) < 4.78 is 35.5. The molecule has 0 unspecified atom stereocenters. The molecule has 0 aliphatic carbocycles. The minimum Gasteiger partial charge on any atom is -0.490 e. The van der Waals surface area contributed by atoms with Gasteiger partial charge in [-0.2, -0.15) is 9.61 Å². The van der Waals surface area contributed by atoms with Crippen LogP contribution in [0.5, 0.6) is 5.75 Å². The lowest BCUT2D eigenvalue weighted by molar-refractivity contribution is -0.160. The molecular formula is C38H45FN4O5. The van der Waals surface area contributed by atoms with E-state index in [1.54, 1.807) is 11.4 Å². The van der Waals surface area contributed by atoms with Crippen molar-refractivity contribution in [2.75, 3.05) is 24.6 Å². The molecule has 7 rings (SSSR count). The van der Waals surface area contributed by atoms with Crippen molar-refractivity contribution >= 4 is 17.4 Å². The lowest BCUT2D eigenvalue weighted by Gasteiger charge is -2.41. The molecule has 3 aliphatic heterocycles. The number of nitrogens with zero attached hydrogens (tertiary/aromatic N) is 4. The van der Waals surface area contributed by atoms with Gasteiger partial charge >= 0.3 is 5.97 Å². The number of carboxylic acids is 1. The summed E-state index contributed by atoms with van der Waals surface area (Å²) in [6.45, 7) is 14.9. The maximum absolute atomic E-state index is 14.8. The Bertz CT molecular complexity index is 1870. The van der Waals surface area contributed by atoms with Gasteiger partial charge in [0.2, 0.25) is 0 Å². The maximum Gasteiger partial charge on any atom is 0.337 e. The second-order valence-corrected chi connectivity index (χ2v) is 14.2. The highest BCUT2D eigenvalue weighted by Gasteiger charge is 2.37. The Kier molecular flexibility index (Phi) is 9.08. The molecule has 1 fully saturated rings. The summed E-state index contributed by atoms with van der Waals surface area (Å²) in [5.74, 6) is -0.283. The summed E-state index contributed by atoms with van der Waals surface area (Å²) in [6.07, 6.45) is 4.72. The minimum atomic E-state index is -1.25. The van der Waals surface area contributed by atoms with E-state index in [1.807, 2.05) is 83.2 Å². The first kappa shape index (κ1) is 33.6. The quantitative estimate of drug-likeness (QED) is 0.223. The number of hydrogen-bond donors (Lipinski definition) is 1. The van der Waals surface area contributed by atoms with Crippen molar-refractivity contribution in [1.82, 2.24) is 14.6 Å². The molecule has 5 heterocycles. The number of fused-ring (bicyclic) bond motifs is 7. The maximum atomic E-state index is 14.8. The van der Waals surface area contributed by atoms with E-state index in [1.165, 1.54) is 6.07 Å². The molecule has 2 aromatic carbocycles. The summed E-state index contributed by atoms with van der Waals surface area (Å²) in [4.78, 5) is 19.9. The molecule has 0 radical (unpaired) electrons. The second-order valence-electron chi connectivity index (χ2n) is 14.2. The molecule has 9 nitrogen and oxygen atoms in total. The number of carboxylic acid groups (broad SMARTS) is 1. The normalized spacial score (nSPS) is 21.5. The third-order valence-corrected chi connectivity index (χ3v) is 9.10.